The Morgan fingerprint density at radius 2 is 1.35 bits per heavy atom. The number of benzene rings is 3. The summed E-state index contributed by atoms with van der Waals surface area (Å²) in [5.41, 5.74) is 3.87. The summed E-state index contributed by atoms with van der Waals surface area (Å²) in [7, 11) is 0. The lowest BCUT2D eigenvalue weighted by molar-refractivity contribution is 1.14. The number of fused-ring (bicyclic) bond motifs is 1. The summed E-state index contributed by atoms with van der Waals surface area (Å²) in [6, 6.07) is 23.8. The van der Waals surface area contributed by atoms with Crippen LogP contribution >= 0.6 is 0 Å². The standard InChI is InChI=1S/C20H18/c1-2-16-7-9-17(10-8-16)11-12-18-13-14-19-5-3-4-6-20(19)15-18/h3-15H,2H2,1H3/b12-11+. The highest BCUT2D eigenvalue weighted by Gasteiger charge is 1.93. The normalized spacial score (nSPS) is 11.2. The lowest BCUT2D eigenvalue weighted by Gasteiger charge is -2.00. The SMILES string of the molecule is CCc1ccc(/C=C/c2ccc3ccccc3c2)cc1. The van der Waals surface area contributed by atoms with Crippen LogP contribution in [0, 0.1) is 0 Å². The summed E-state index contributed by atoms with van der Waals surface area (Å²) in [5, 5.41) is 2.58. The summed E-state index contributed by atoms with van der Waals surface area (Å²) >= 11 is 0. The molecule has 0 aliphatic carbocycles. The van der Waals surface area contributed by atoms with Crippen molar-refractivity contribution in [1.29, 1.82) is 0 Å². The van der Waals surface area contributed by atoms with Crippen LogP contribution in [0.3, 0.4) is 0 Å². The van der Waals surface area contributed by atoms with Crippen molar-refractivity contribution in [3.63, 3.8) is 0 Å². The van der Waals surface area contributed by atoms with Crippen molar-refractivity contribution in [2.45, 2.75) is 13.3 Å². The number of rotatable bonds is 3. The molecule has 0 unspecified atom stereocenters. The minimum atomic E-state index is 1.09. The van der Waals surface area contributed by atoms with Crippen LogP contribution < -0.4 is 0 Å². The van der Waals surface area contributed by atoms with E-state index in [1.807, 2.05) is 0 Å². The van der Waals surface area contributed by atoms with Gasteiger partial charge >= 0.3 is 0 Å². The first-order valence-electron chi connectivity index (χ1n) is 7.11. The van der Waals surface area contributed by atoms with Gasteiger partial charge in [-0.3, -0.25) is 0 Å². The molecular formula is C20H18. The Balaban J connectivity index is 1.85. The molecule has 3 aromatic carbocycles. The Bertz CT molecular complexity index is 733. The molecule has 0 atom stereocenters. The summed E-state index contributed by atoms with van der Waals surface area (Å²) < 4.78 is 0. The zero-order chi connectivity index (χ0) is 13.8. The minimum absolute atomic E-state index is 1.09. The Morgan fingerprint density at radius 1 is 0.700 bits per heavy atom. The van der Waals surface area contributed by atoms with Gasteiger partial charge < -0.3 is 0 Å². The molecule has 0 aliphatic rings. The van der Waals surface area contributed by atoms with Crippen LogP contribution in [0.25, 0.3) is 22.9 Å². The number of hydrogen-bond acceptors (Lipinski definition) is 0. The van der Waals surface area contributed by atoms with Gasteiger partial charge in [0.1, 0.15) is 0 Å². The van der Waals surface area contributed by atoms with Gasteiger partial charge in [-0.05, 0) is 39.9 Å². The number of aryl methyl sites for hydroxylation is 1. The fraction of sp³-hybridized carbons (Fsp3) is 0.100. The molecule has 0 aromatic heterocycles. The van der Waals surface area contributed by atoms with Crippen LogP contribution in [-0.4, -0.2) is 0 Å². The van der Waals surface area contributed by atoms with E-state index in [2.05, 4.69) is 85.8 Å². The van der Waals surface area contributed by atoms with Crippen LogP contribution in [0.2, 0.25) is 0 Å². The molecular weight excluding hydrogens is 240 g/mol. The first-order valence-corrected chi connectivity index (χ1v) is 7.11. The van der Waals surface area contributed by atoms with E-state index in [4.69, 9.17) is 0 Å². The van der Waals surface area contributed by atoms with Crippen molar-refractivity contribution < 1.29 is 0 Å². The van der Waals surface area contributed by atoms with Crippen LogP contribution in [0.5, 0.6) is 0 Å². The van der Waals surface area contributed by atoms with E-state index in [1.165, 1.54) is 27.5 Å². The van der Waals surface area contributed by atoms with Gasteiger partial charge in [-0.1, -0.05) is 79.7 Å². The maximum atomic E-state index is 2.23. The molecule has 0 heterocycles. The fourth-order valence-electron chi connectivity index (χ4n) is 2.37. The molecule has 0 nitrogen and oxygen atoms in total. The molecule has 3 rings (SSSR count). The molecule has 0 amide bonds. The molecule has 0 N–H and O–H groups in total. The highest BCUT2D eigenvalue weighted by Crippen LogP contribution is 2.17. The van der Waals surface area contributed by atoms with Gasteiger partial charge in [0.05, 0.1) is 0 Å². The topological polar surface area (TPSA) is 0 Å². The van der Waals surface area contributed by atoms with Gasteiger partial charge in [0, 0.05) is 0 Å². The van der Waals surface area contributed by atoms with E-state index in [1.54, 1.807) is 0 Å². The first kappa shape index (κ1) is 12.7. The highest BCUT2D eigenvalue weighted by molar-refractivity contribution is 5.85. The maximum absolute atomic E-state index is 2.23. The Labute approximate surface area is 120 Å². The first-order chi connectivity index (χ1) is 9.85. The third-order valence-electron chi connectivity index (χ3n) is 3.63. The van der Waals surface area contributed by atoms with E-state index in [0.717, 1.165) is 6.42 Å². The van der Waals surface area contributed by atoms with E-state index in [-0.39, 0.29) is 0 Å². The van der Waals surface area contributed by atoms with Gasteiger partial charge in [0.2, 0.25) is 0 Å². The van der Waals surface area contributed by atoms with Gasteiger partial charge in [0.25, 0.3) is 0 Å². The Morgan fingerprint density at radius 3 is 2.10 bits per heavy atom. The monoisotopic (exact) mass is 258 g/mol. The van der Waals surface area contributed by atoms with Crippen molar-refractivity contribution in [2.75, 3.05) is 0 Å². The summed E-state index contributed by atoms with van der Waals surface area (Å²) in [4.78, 5) is 0. The van der Waals surface area contributed by atoms with E-state index < -0.39 is 0 Å². The number of hydrogen-bond donors (Lipinski definition) is 0. The van der Waals surface area contributed by atoms with E-state index >= 15 is 0 Å². The predicted molar refractivity (Wildman–Crippen MR) is 88.7 cm³/mol. The lowest BCUT2D eigenvalue weighted by atomic mass is 10.1. The lowest BCUT2D eigenvalue weighted by Crippen LogP contribution is -1.79. The molecule has 0 fully saturated rings. The van der Waals surface area contributed by atoms with Crippen molar-refractivity contribution in [3.05, 3.63) is 83.4 Å². The average molecular weight is 258 g/mol. The van der Waals surface area contributed by atoms with Crippen LogP contribution in [0.15, 0.2) is 66.7 Å². The van der Waals surface area contributed by atoms with Gasteiger partial charge in [0.15, 0.2) is 0 Å². The Kier molecular flexibility index (Phi) is 3.64. The molecule has 3 aromatic rings. The zero-order valence-electron chi connectivity index (χ0n) is 11.7. The van der Waals surface area contributed by atoms with Crippen molar-refractivity contribution >= 4 is 22.9 Å². The molecule has 0 saturated carbocycles. The third kappa shape index (κ3) is 2.80. The molecule has 0 spiro atoms. The molecule has 20 heavy (non-hydrogen) atoms. The van der Waals surface area contributed by atoms with Crippen molar-refractivity contribution in [2.24, 2.45) is 0 Å². The predicted octanol–water partition coefficient (Wildman–Crippen LogP) is 5.57. The Hall–Kier alpha value is -2.34. The average Bonchev–Trinajstić information content (AvgIpc) is 2.53. The van der Waals surface area contributed by atoms with Crippen molar-refractivity contribution in [3.8, 4) is 0 Å². The molecule has 0 saturated heterocycles. The smallest absolute Gasteiger partial charge is 0.0178 e. The molecule has 98 valence electrons. The van der Waals surface area contributed by atoms with Crippen molar-refractivity contribution in [1.82, 2.24) is 0 Å². The highest BCUT2D eigenvalue weighted by atomic mass is 14.0. The molecule has 0 heteroatoms. The fourth-order valence-corrected chi connectivity index (χ4v) is 2.37. The summed E-state index contributed by atoms with van der Waals surface area (Å²) in [6.07, 6.45) is 5.44. The molecule has 0 bridgehead atoms. The van der Waals surface area contributed by atoms with E-state index in [0.29, 0.717) is 0 Å². The van der Waals surface area contributed by atoms with Gasteiger partial charge in [-0.25, -0.2) is 0 Å². The quantitative estimate of drug-likeness (QED) is 0.538. The summed E-state index contributed by atoms with van der Waals surface area (Å²) in [6.45, 7) is 2.18. The second kappa shape index (κ2) is 5.75. The van der Waals surface area contributed by atoms with Gasteiger partial charge in [-0.15, -0.1) is 0 Å². The summed E-state index contributed by atoms with van der Waals surface area (Å²) in [5.74, 6) is 0. The molecule has 0 radical (unpaired) electrons. The third-order valence-corrected chi connectivity index (χ3v) is 3.63. The second-order valence-corrected chi connectivity index (χ2v) is 5.04. The van der Waals surface area contributed by atoms with Crippen LogP contribution in [0.1, 0.15) is 23.6 Å². The molecule has 0 aliphatic heterocycles. The minimum Gasteiger partial charge on any atom is -0.0616 e. The largest absolute Gasteiger partial charge is 0.0616 e. The second-order valence-electron chi connectivity index (χ2n) is 5.04. The van der Waals surface area contributed by atoms with Gasteiger partial charge in [-0.2, -0.15) is 0 Å². The van der Waals surface area contributed by atoms with Crippen LogP contribution in [0.4, 0.5) is 0 Å². The zero-order valence-corrected chi connectivity index (χ0v) is 11.7. The van der Waals surface area contributed by atoms with Crippen LogP contribution in [-0.2, 0) is 6.42 Å². The maximum Gasteiger partial charge on any atom is -0.0178 e. The van der Waals surface area contributed by atoms with E-state index in [9.17, 15) is 0 Å².